The van der Waals surface area contributed by atoms with E-state index in [0.717, 1.165) is 35.6 Å². The van der Waals surface area contributed by atoms with Crippen LogP contribution in [-0.4, -0.2) is 86.8 Å². The van der Waals surface area contributed by atoms with Gasteiger partial charge in [-0.15, -0.1) is 24.8 Å². The molecule has 44 heavy (non-hydrogen) atoms. The first-order chi connectivity index (χ1) is 20.1. The Kier molecular flexibility index (Phi) is 12.1. The van der Waals surface area contributed by atoms with E-state index in [1.54, 1.807) is 18.3 Å². The number of hydrogen-bond acceptors (Lipinski definition) is 7. The number of carbonyl (C=O) groups is 1. The zero-order valence-electron chi connectivity index (χ0n) is 24.6. The van der Waals surface area contributed by atoms with Crippen LogP contribution in [0.15, 0.2) is 42.7 Å². The number of aromatic nitrogens is 4. The average molecular weight is 664 g/mol. The Balaban J connectivity index is 0.00000264. The minimum absolute atomic E-state index is 0. The second kappa shape index (κ2) is 15.0. The first-order valence-electron chi connectivity index (χ1n) is 14.2. The Bertz CT molecular complexity index is 1370. The van der Waals surface area contributed by atoms with Crippen molar-refractivity contribution in [1.29, 1.82) is 0 Å². The number of nitrogens with zero attached hydrogens (tertiary/aromatic N) is 5. The highest BCUT2D eigenvalue weighted by Gasteiger charge is 2.42. The molecular weight excluding hydrogens is 624 g/mol. The molecule has 0 spiro atoms. The second-order valence-corrected chi connectivity index (χ2v) is 11.0. The Morgan fingerprint density at radius 3 is 2.64 bits per heavy atom. The number of benzene rings is 1. The van der Waals surface area contributed by atoms with Crippen molar-refractivity contribution in [3.63, 3.8) is 0 Å². The predicted molar refractivity (Wildman–Crippen MR) is 163 cm³/mol. The quantitative estimate of drug-likeness (QED) is 0.347. The van der Waals surface area contributed by atoms with Gasteiger partial charge in [-0.3, -0.25) is 4.79 Å². The molecule has 2 aromatic heterocycles. The third-order valence-corrected chi connectivity index (χ3v) is 8.17. The van der Waals surface area contributed by atoms with Crippen molar-refractivity contribution in [2.75, 3.05) is 40.0 Å². The number of aliphatic hydroxyl groups is 1. The molecule has 244 valence electrons. The molecule has 2 fully saturated rings. The maximum absolute atomic E-state index is 14.1. The van der Waals surface area contributed by atoms with E-state index in [4.69, 9.17) is 9.47 Å². The number of methoxy groups -OCH3 is 1. The molecule has 10 nitrogen and oxygen atoms in total. The summed E-state index contributed by atoms with van der Waals surface area (Å²) in [6, 6.07) is 9.84. The number of imidazole rings is 1. The number of carbonyl (C=O) groups excluding carboxylic acids is 1. The van der Waals surface area contributed by atoms with E-state index in [9.17, 15) is 23.1 Å². The highest BCUT2D eigenvalue weighted by atomic mass is 35.5. The van der Waals surface area contributed by atoms with Gasteiger partial charge < -0.3 is 29.4 Å². The van der Waals surface area contributed by atoms with Gasteiger partial charge in [-0.25, -0.2) is 9.67 Å². The summed E-state index contributed by atoms with van der Waals surface area (Å²) in [5.74, 6) is -0.241. The van der Waals surface area contributed by atoms with Gasteiger partial charge in [-0.1, -0.05) is 43.2 Å². The molecule has 1 saturated carbocycles. The highest BCUT2D eigenvalue weighted by molar-refractivity contribution is 5.98. The monoisotopic (exact) mass is 662 g/mol. The number of halogens is 5. The molecule has 5 rings (SSSR count). The van der Waals surface area contributed by atoms with E-state index in [1.807, 2.05) is 34.9 Å². The van der Waals surface area contributed by atoms with Crippen molar-refractivity contribution < 1.29 is 32.5 Å². The molecule has 1 amide bonds. The molecule has 3 atom stereocenters. The van der Waals surface area contributed by atoms with Gasteiger partial charge in [0, 0.05) is 57.9 Å². The van der Waals surface area contributed by atoms with E-state index in [0.29, 0.717) is 43.9 Å². The summed E-state index contributed by atoms with van der Waals surface area (Å²) in [6.07, 6.45) is 0.609. The average Bonchev–Trinajstić information content (AvgIpc) is 3.57. The van der Waals surface area contributed by atoms with Crippen LogP contribution in [0.2, 0.25) is 0 Å². The van der Waals surface area contributed by atoms with Crippen LogP contribution >= 0.6 is 24.8 Å². The normalized spacial score (nSPS) is 22.2. The van der Waals surface area contributed by atoms with Crippen LogP contribution < -0.4 is 10.1 Å². The molecule has 15 heteroatoms. The smallest absolute Gasteiger partial charge is 0.435 e. The van der Waals surface area contributed by atoms with Gasteiger partial charge in [0.15, 0.2) is 11.4 Å². The maximum Gasteiger partial charge on any atom is 0.435 e. The molecule has 1 aliphatic heterocycles. The lowest BCUT2D eigenvalue weighted by molar-refractivity contribution is -0.141. The van der Waals surface area contributed by atoms with Crippen molar-refractivity contribution >= 4 is 30.7 Å². The molecule has 1 aromatic carbocycles. The summed E-state index contributed by atoms with van der Waals surface area (Å²) in [5.41, 5.74) is -0.360. The third-order valence-electron chi connectivity index (χ3n) is 8.17. The number of alkyl halides is 3. The van der Waals surface area contributed by atoms with Gasteiger partial charge in [0.2, 0.25) is 5.88 Å². The topological polar surface area (TPSA) is 107 Å². The Morgan fingerprint density at radius 1 is 1.20 bits per heavy atom. The van der Waals surface area contributed by atoms with Crippen LogP contribution in [0.5, 0.6) is 5.88 Å². The van der Waals surface area contributed by atoms with Gasteiger partial charge in [0.25, 0.3) is 5.91 Å². The predicted octanol–water partition coefficient (Wildman–Crippen LogP) is 4.52. The fourth-order valence-electron chi connectivity index (χ4n) is 6.10. The molecule has 0 radical (unpaired) electrons. The summed E-state index contributed by atoms with van der Waals surface area (Å²) in [7, 11) is 2.96. The van der Waals surface area contributed by atoms with Gasteiger partial charge in [0.05, 0.1) is 31.3 Å². The van der Waals surface area contributed by atoms with Crippen LogP contribution in [0.4, 0.5) is 13.2 Å². The SMILES string of the molecule is COC[C@]1(O)CCCC[C@H]1n1cnc(C(=O)N2CCNC[C@H]2CCOc2cc(C(F)(F)F)nn2C)c1-c1ccccc1.Cl.Cl. The maximum atomic E-state index is 14.1. The standard InChI is InChI=1S/C29H37F3N6O4.2ClH/c1-36-24(16-22(35-36)29(30,31)32)42-15-11-21-17-33-13-14-37(21)27(39)25-26(20-8-4-3-5-9-20)38(19-34-25)23-10-6-7-12-28(23,40)18-41-2;;/h3-5,8-9,16,19,21,23,33,40H,6-7,10-15,17-18H2,1-2H3;2*1H/t21-,23-,28-;;/m1../s1. The lowest BCUT2D eigenvalue weighted by Gasteiger charge is -2.41. The number of amides is 1. The molecule has 1 aliphatic carbocycles. The van der Waals surface area contributed by atoms with E-state index in [-0.39, 0.29) is 61.9 Å². The van der Waals surface area contributed by atoms with Gasteiger partial charge in [-0.2, -0.15) is 18.3 Å². The number of aryl methyl sites for hydroxylation is 1. The zero-order valence-corrected chi connectivity index (χ0v) is 26.3. The molecular formula is C29H39Cl2F3N6O4. The number of hydrogen-bond donors (Lipinski definition) is 2. The molecule has 2 aliphatic rings. The van der Waals surface area contributed by atoms with E-state index in [2.05, 4.69) is 15.4 Å². The Morgan fingerprint density at radius 2 is 1.95 bits per heavy atom. The fourth-order valence-corrected chi connectivity index (χ4v) is 6.10. The van der Waals surface area contributed by atoms with Gasteiger partial charge in [0.1, 0.15) is 5.60 Å². The van der Waals surface area contributed by atoms with Gasteiger partial charge >= 0.3 is 6.18 Å². The van der Waals surface area contributed by atoms with E-state index < -0.39 is 17.5 Å². The van der Waals surface area contributed by atoms with Crippen molar-refractivity contribution in [2.24, 2.45) is 7.05 Å². The Hall–Kier alpha value is -2.84. The second-order valence-electron chi connectivity index (χ2n) is 11.0. The Labute approximate surface area is 266 Å². The number of rotatable bonds is 9. The number of ether oxygens (including phenoxy) is 2. The van der Waals surface area contributed by atoms with Crippen LogP contribution in [-0.2, 0) is 18.0 Å². The molecule has 1 saturated heterocycles. The minimum atomic E-state index is -4.56. The van der Waals surface area contributed by atoms with Crippen molar-refractivity contribution in [1.82, 2.24) is 29.5 Å². The van der Waals surface area contributed by atoms with Gasteiger partial charge in [-0.05, 0) is 12.8 Å². The molecule has 2 N–H and O–H groups in total. The summed E-state index contributed by atoms with van der Waals surface area (Å²) in [6.45, 7) is 1.81. The molecule has 3 aromatic rings. The van der Waals surface area contributed by atoms with Crippen LogP contribution in [0.1, 0.15) is 54.3 Å². The van der Waals surface area contributed by atoms with Crippen LogP contribution in [0.25, 0.3) is 11.3 Å². The third kappa shape index (κ3) is 7.51. The van der Waals surface area contributed by atoms with Crippen molar-refractivity contribution in [2.45, 2.75) is 56.0 Å². The number of piperazine rings is 1. The number of nitrogens with one attached hydrogen (secondary N) is 1. The van der Waals surface area contributed by atoms with Crippen molar-refractivity contribution in [3.8, 4) is 17.1 Å². The first-order valence-corrected chi connectivity index (χ1v) is 14.2. The lowest BCUT2D eigenvalue weighted by Crippen LogP contribution is -2.54. The highest BCUT2D eigenvalue weighted by Crippen LogP contribution is 2.41. The van der Waals surface area contributed by atoms with Crippen LogP contribution in [0.3, 0.4) is 0 Å². The molecule has 3 heterocycles. The summed E-state index contributed by atoms with van der Waals surface area (Å²) >= 11 is 0. The lowest BCUT2D eigenvalue weighted by atomic mass is 9.80. The largest absolute Gasteiger partial charge is 0.478 e. The minimum Gasteiger partial charge on any atom is -0.478 e. The van der Waals surface area contributed by atoms with Crippen LogP contribution in [0, 0.1) is 0 Å². The summed E-state index contributed by atoms with van der Waals surface area (Å²) < 4.78 is 53.2. The van der Waals surface area contributed by atoms with E-state index in [1.165, 1.54) is 7.05 Å². The van der Waals surface area contributed by atoms with E-state index >= 15 is 0 Å². The zero-order chi connectivity index (χ0) is 29.9. The molecule has 0 bridgehead atoms. The fraction of sp³-hybridized carbons (Fsp3) is 0.552. The summed E-state index contributed by atoms with van der Waals surface area (Å²) in [5, 5.41) is 18.4. The summed E-state index contributed by atoms with van der Waals surface area (Å²) in [4.78, 5) is 20.5. The molecule has 0 unspecified atom stereocenters. The van der Waals surface area contributed by atoms with Crippen molar-refractivity contribution in [3.05, 3.63) is 54.1 Å². The first kappa shape index (κ1) is 35.6.